The molecule has 0 saturated heterocycles. The third-order valence-electron chi connectivity index (χ3n) is 5.02. The summed E-state index contributed by atoms with van der Waals surface area (Å²) in [7, 11) is 0. The molecule has 1 aromatic heterocycles. The van der Waals surface area contributed by atoms with E-state index in [0.29, 0.717) is 27.8 Å². The molecule has 4 rings (SSSR count). The van der Waals surface area contributed by atoms with Gasteiger partial charge in [-0.2, -0.15) is 5.26 Å². The number of aromatic nitrogens is 2. The number of benzene rings is 3. The predicted molar refractivity (Wildman–Crippen MR) is 115 cm³/mol. The molecule has 0 fully saturated rings. The minimum atomic E-state index is -1.37. The number of halogens is 1. The summed E-state index contributed by atoms with van der Waals surface area (Å²) in [6.45, 7) is 1.57. The Morgan fingerprint density at radius 1 is 1.16 bits per heavy atom. The van der Waals surface area contributed by atoms with E-state index in [0.717, 1.165) is 0 Å². The molecule has 2 N–H and O–H groups in total. The zero-order chi connectivity index (χ0) is 22.0. The summed E-state index contributed by atoms with van der Waals surface area (Å²) in [4.78, 5) is 17.3. The number of fused-ring (bicyclic) bond motifs is 1. The number of carbonyl (C=O) groups is 1. The Kier molecular flexibility index (Phi) is 5.24. The Hall–Kier alpha value is -4.02. The van der Waals surface area contributed by atoms with Crippen molar-refractivity contribution in [1.82, 2.24) is 9.55 Å². The molecule has 0 spiro atoms. The van der Waals surface area contributed by atoms with Crippen molar-refractivity contribution in [2.24, 2.45) is 0 Å². The van der Waals surface area contributed by atoms with Crippen LogP contribution < -0.4 is 5.32 Å². The van der Waals surface area contributed by atoms with Gasteiger partial charge in [0.15, 0.2) is 0 Å². The van der Waals surface area contributed by atoms with E-state index in [2.05, 4.69) is 16.4 Å². The van der Waals surface area contributed by atoms with Crippen LogP contribution in [-0.4, -0.2) is 20.6 Å². The van der Waals surface area contributed by atoms with E-state index >= 15 is 0 Å². The number of carbonyl (C=O) groups excluding carboxylic acids is 1. The van der Waals surface area contributed by atoms with Crippen LogP contribution in [0.15, 0.2) is 72.8 Å². The van der Waals surface area contributed by atoms with E-state index in [1.54, 1.807) is 66.1 Å². The highest BCUT2D eigenvalue weighted by molar-refractivity contribution is 5.93. The monoisotopic (exact) mass is 414 g/mol. The SMILES string of the molecule is CC(O)(CC(=O)Nc1nc2ccc(C#N)cc2n1-c1ccc(F)cc1)c1ccccc1. The molecule has 1 amide bonds. The Balaban J connectivity index is 1.71. The van der Waals surface area contributed by atoms with Gasteiger partial charge in [0.1, 0.15) is 5.82 Å². The van der Waals surface area contributed by atoms with Crippen molar-refractivity contribution in [3.8, 4) is 11.8 Å². The summed E-state index contributed by atoms with van der Waals surface area (Å²) in [6.07, 6.45) is -0.187. The summed E-state index contributed by atoms with van der Waals surface area (Å²) in [6, 6.07) is 21.7. The largest absolute Gasteiger partial charge is 0.385 e. The number of nitriles is 1. The van der Waals surface area contributed by atoms with Crippen molar-refractivity contribution in [2.75, 3.05) is 5.32 Å². The lowest BCUT2D eigenvalue weighted by Gasteiger charge is -2.23. The lowest BCUT2D eigenvalue weighted by atomic mass is 9.92. The second kappa shape index (κ2) is 8.01. The first-order valence-electron chi connectivity index (χ1n) is 9.64. The standard InChI is InChI=1S/C24H19FN4O2/c1-24(31,17-5-3-2-4-6-17)14-22(30)28-23-27-20-12-7-16(15-26)13-21(20)29(23)19-10-8-18(25)9-11-19/h2-13,31H,14H2,1H3,(H,27,28,30). The quantitative estimate of drug-likeness (QED) is 0.510. The second-order valence-corrected chi connectivity index (χ2v) is 7.43. The molecule has 0 aliphatic heterocycles. The van der Waals surface area contributed by atoms with Crippen LogP contribution in [0.2, 0.25) is 0 Å². The van der Waals surface area contributed by atoms with E-state index in [-0.39, 0.29) is 12.4 Å². The Labute approximate surface area is 178 Å². The van der Waals surface area contributed by atoms with Gasteiger partial charge in [0.25, 0.3) is 0 Å². The van der Waals surface area contributed by atoms with Crippen molar-refractivity contribution in [3.05, 3.63) is 89.7 Å². The minimum absolute atomic E-state index is 0.187. The highest BCUT2D eigenvalue weighted by Gasteiger charge is 2.27. The molecule has 0 aliphatic carbocycles. The van der Waals surface area contributed by atoms with Gasteiger partial charge in [0.2, 0.25) is 11.9 Å². The van der Waals surface area contributed by atoms with Gasteiger partial charge in [-0.25, -0.2) is 9.37 Å². The van der Waals surface area contributed by atoms with E-state index < -0.39 is 17.3 Å². The number of nitrogens with one attached hydrogen (secondary N) is 1. The van der Waals surface area contributed by atoms with Gasteiger partial charge in [0, 0.05) is 5.69 Å². The first-order chi connectivity index (χ1) is 14.9. The fraction of sp³-hybridized carbons (Fsp3) is 0.125. The number of nitrogens with zero attached hydrogens (tertiary/aromatic N) is 3. The van der Waals surface area contributed by atoms with Crippen molar-refractivity contribution in [1.29, 1.82) is 5.26 Å². The predicted octanol–water partition coefficient (Wildman–Crippen LogP) is 4.27. The Morgan fingerprint density at radius 3 is 2.55 bits per heavy atom. The third-order valence-corrected chi connectivity index (χ3v) is 5.02. The number of hydrogen-bond donors (Lipinski definition) is 2. The summed E-state index contributed by atoms with van der Waals surface area (Å²) in [5.41, 5.74) is 1.41. The van der Waals surface area contributed by atoms with E-state index in [1.807, 2.05) is 6.07 Å². The molecular formula is C24H19FN4O2. The molecule has 0 aliphatic rings. The zero-order valence-corrected chi connectivity index (χ0v) is 16.7. The Bertz CT molecular complexity index is 1290. The smallest absolute Gasteiger partial charge is 0.229 e. The van der Waals surface area contributed by atoms with Crippen LogP contribution in [0.3, 0.4) is 0 Å². The molecule has 0 bridgehead atoms. The van der Waals surface area contributed by atoms with Gasteiger partial charge >= 0.3 is 0 Å². The van der Waals surface area contributed by atoms with Crippen LogP contribution in [0.5, 0.6) is 0 Å². The third kappa shape index (κ3) is 4.15. The van der Waals surface area contributed by atoms with Crippen molar-refractivity contribution < 1.29 is 14.3 Å². The highest BCUT2D eigenvalue weighted by atomic mass is 19.1. The van der Waals surface area contributed by atoms with E-state index in [4.69, 9.17) is 0 Å². The van der Waals surface area contributed by atoms with Gasteiger partial charge in [-0.3, -0.25) is 14.7 Å². The summed E-state index contributed by atoms with van der Waals surface area (Å²) in [5.74, 6) is -0.617. The van der Waals surface area contributed by atoms with E-state index in [1.165, 1.54) is 12.1 Å². The average Bonchev–Trinajstić information content (AvgIpc) is 3.11. The fourth-order valence-corrected chi connectivity index (χ4v) is 3.46. The molecular weight excluding hydrogens is 395 g/mol. The maximum Gasteiger partial charge on any atom is 0.229 e. The summed E-state index contributed by atoms with van der Waals surface area (Å²) < 4.78 is 15.1. The molecule has 3 aromatic carbocycles. The number of aliphatic hydroxyl groups is 1. The Morgan fingerprint density at radius 2 is 1.87 bits per heavy atom. The molecule has 1 unspecified atom stereocenters. The number of rotatable bonds is 5. The molecule has 4 aromatic rings. The lowest BCUT2D eigenvalue weighted by Crippen LogP contribution is -2.29. The molecule has 1 heterocycles. The number of amides is 1. The van der Waals surface area contributed by atoms with Crippen LogP contribution in [0.4, 0.5) is 10.3 Å². The van der Waals surface area contributed by atoms with E-state index in [9.17, 15) is 19.6 Å². The van der Waals surface area contributed by atoms with Crippen molar-refractivity contribution >= 4 is 22.9 Å². The normalized spacial score (nSPS) is 12.8. The highest BCUT2D eigenvalue weighted by Crippen LogP contribution is 2.28. The average molecular weight is 414 g/mol. The van der Waals surface area contributed by atoms with Gasteiger partial charge < -0.3 is 5.11 Å². The van der Waals surface area contributed by atoms with Crippen LogP contribution >= 0.6 is 0 Å². The maximum absolute atomic E-state index is 13.5. The van der Waals surface area contributed by atoms with Crippen LogP contribution in [0, 0.1) is 17.1 Å². The summed E-state index contributed by atoms with van der Waals surface area (Å²) >= 11 is 0. The lowest BCUT2D eigenvalue weighted by molar-refractivity contribution is -0.120. The van der Waals surface area contributed by atoms with Crippen molar-refractivity contribution in [3.63, 3.8) is 0 Å². The zero-order valence-electron chi connectivity index (χ0n) is 16.7. The van der Waals surface area contributed by atoms with Gasteiger partial charge in [-0.05, 0) is 55.0 Å². The minimum Gasteiger partial charge on any atom is -0.385 e. The molecule has 154 valence electrons. The van der Waals surface area contributed by atoms with Crippen LogP contribution in [0.25, 0.3) is 16.7 Å². The molecule has 31 heavy (non-hydrogen) atoms. The fourth-order valence-electron chi connectivity index (χ4n) is 3.46. The summed E-state index contributed by atoms with van der Waals surface area (Å²) in [5, 5.41) is 22.8. The van der Waals surface area contributed by atoms with Gasteiger partial charge in [-0.15, -0.1) is 0 Å². The van der Waals surface area contributed by atoms with Crippen LogP contribution in [0.1, 0.15) is 24.5 Å². The first-order valence-corrected chi connectivity index (χ1v) is 9.64. The van der Waals surface area contributed by atoms with Gasteiger partial charge in [-0.1, -0.05) is 30.3 Å². The number of hydrogen-bond acceptors (Lipinski definition) is 4. The van der Waals surface area contributed by atoms with Gasteiger partial charge in [0.05, 0.1) is 34.7 Å². The molecule has 7 heteroatoms. The second-order valence-electron chi connectivity index (χ2n) is 7.43. The number of anilines is 1. The molecule has 0 saturated carbocycles. The van der Waals surface area contributed by atoms with Crippen molar-refractivity contribution in [2.45, 2.75) is 18.9 Å². The first kappa shape index (κ1) is 20.3. The number of imidazole rings is 1. The van der Waals surface area contributed by atoms with Crippen LogP contribution in [-0.2, 0) is 10.4 Å². The molecule has 6 nitrogen and oxygen atoms in total. The topological polar surface area (TPSA) is 90.9 Å². The molecule has 0 radical (unpaired) electrons. The molecule has 1 atom stereocenters. The maximum atomic E-state index is 13.5.